The summed E-state index contributed by atoms with van der Waals surface area (Å²) < 4.78 is 4.64. The lowest BCUT2D eigenvalue weighted by atomic mass is 10.2. The van der Waals surface area contributed by atoms with E-state index in [1.165, 1.54) is 20.0 Å². The molecule has 0 heterocycles. The third-order valence-electron chi connectivity index (χ3n) is 2.63. The Hall–Kier alpha value is -1.62. The van der Waals surface area contributed by atoms with Gasteiger partial charge < -0.3 is 15.4 Å². The highest BCUT2D eigenvalue weighted by atomic mass is 32.1. The van der Waals surface area contributed by atoms with Gasteiger partial charge >= 0.3 is 5.97 Å². The van der Waals surface area contributed by atoms with Gasteiger partial charge in [0.15, 0.2) is 5.11 Å². The minimum absolute atomic E-state index is 0.341. The number of hydrogen-bond donors (Lipinski definition) is 2. The molecular weight excluding hydrogens is 260 g/mol. The van der Waals surface area contributed by atoms with Gasteiger partial charge in [0, 0.05) is 12.2 Å². The van der Waals surface area contributed by atoms with Crippen LogP contribution in [0.1, 0.15) is 36.5 Å². The third-order valence-corrected chi connectivity index (χ3v) is 2.88. The topological polar surface area (TPSA) is 50.4 Å². The predicted molar refractivity (Wildman–Crippen MR) is 81.5 cm³/mol. The molecule has 0 aliphatic carbocycles. The normalized spacial score (nSPS) is 9.79. The molecule has 0 amide bonds. The van der Waals surface area contributed by atoms with Crippen LogP contribution in [0.25, 0.3) is 0 Å². The van der Waals surface area contributed by atoms with Crippen molar-refractivity contribution in [2.24, 2.45) is 0 Å². The van der Waals surface area contributed by atoms with Gasteiger partial charge in [-0.1, -0.05) is 19.8 Å². The Bertz CT molecular complexity index is 418. The van der Waals surface area contributed by atoms with Crippen molar-refractivity contribution in [1.82, 2.24) is 5.32 Å². The van der Waals surface area contributed by atoms with Gasteiger partial charge in [0.25, 0.3) is 0 Å². The summed E-state index contributed by atoms with van der Waals surface area (Å²) in [6, 6.07) is 7.00. The van der Waals surface area contributed by atoms with Gasteiger partial charge in [0.1, 0.15) is 0 Å². The molecule has 0 radical (unpaired) electrons. The number of thiocarbonyl (C=S) groups is 1. The molecule has 0 aromatic heterocycles. The molecule has 2 N–H and O–H groups in total. The van der Waals surface area contributed by atoms with Crippen molar-refractivity contribution < 1.29 is 9.53 Å². The molecule has 0 fully saturated rings. The molecule has 104 valence electrons. The molecule has 5 heteroatoms. The third kappa shape index (κ3) is 5.70. The van der Waals surface area contributed by atoms with Crippen molar-refractivity contribution in [3.05, 3.63) is 29.8 Å². The summed E-state index contributed by atoms with van der Waals surface area (Å²) in [5.41, 5.74) is 1.37. The summed E-state index contributed by atoms with van der Waals surface area (Å²) in [6.45, 7) is 3.04. The largest absolute Gasteiger partial charge is 0.465 e. The van der Waals surface area contributed by atoms with E-state index in [1.807, 2.05) is 0 Å². The van der Waals surface area contributed by atoms with Crippen molar-refractivity contribution in [2.45, 2.75) is 26.2 Å². The number of benzene rings is 1. The number of anilines is 1. The van der Waals surface area contributed by atoms with E-state index in [0.717, 1.165) is 18.7 Å². The number of carbonyl (C=O) groups excluding carboxylic acids is 1. The predicted octanol–water partition coefficient (Wildman–Crippen LogP) is 2.95. The second-order valence-electron chi connectivity index (χ2n) is 4.16. The summed E-state index contributed by atoms with van der Waals surface area (Å²) in [4.78, 5) is 11.3. The maximum atomic E-state index is 11.3. The molecule has 1 aromatic rings. The molecule has 0 aliphatic rings. The van der Waals surface area contributed by atoms with Crippen molar-refractivity contribution in [3.8, 4) is 0 Å². The van der Waals surface area contributed by atoms with Crippen molar-refractivity contribution in [1.29, 1.82) is 0 Å². The zero-order chi connectivity index (χ0) is 14.1. The smallest absolute Gasteiger partial charge is 0.337 e. The fourth-order valence-electron chi connectivity index (χ4n) is 1.56. The first-order chi connectivity index (χ1) is 9.17. The highest BCUT2D eigenvalue weighted by Crippen LogP contribution is 2.10. The Morgan fingerprint density at radius 2 is 1.95 bits per heavy atom. The maximum absolute atomic E-state index is 11.3. The van der Waals surface area contributed by atoms with Crippen LogP contribution in [0.15, 0.2) is 24.3 Å². The lowest BCUT2D eigenvalue weighted by molar-refractivity contribution is 0.0601. The summed E-state index contributed by atoms with van der Waals surface area (Å²) in [6.07, 6.45) is 3.50. The zero-order valence-corrected chi connectivity index (χ0v) is 12.2. The Labute approximate surface area is 119 Å². The monoisotopic (exact) mass is 280 g/mol. The summed E-state index contributed by atoms with van der Waals surface area (Å²) in [5, 5.41) is 6.81. The highest BCUT2D eigenvalue weighted by Gasteiger charge is 2.04. The minimum atomic E-state index is -0.341. The van der Waals surface area contributed by atoms with Crippen molar-refractivity contribution >= 4 is 29.0 Å². The van der Waals surface area contributed by atoms with Crippen LogP contribution in [0.4, 0.5) is 5.69 Å². The van der Waals surface area contributed by atoms with Crippen molar-refractivity contribution in [3.63, 3.8) is 0 Å². The Balaban J connectivity index is 2.40. The second-order valence-corrected chi connectivity index (χ2v) is 4.57. The van der Waals surface area contributed by atoms with Crippen LogP contribution in [0, 0.1) is 0 Å². The number of nitrogens with one attached hydrogen (secondary N) is 2. The number of esters is 1. The summed E-state index contributed by atoms with van der Waals surface area (Å²) in [7, 11) is 1.36. The van der Waals surface area contributed by atoms with Gasteiger partial charge in [0.05, 0.1) is 12.7 Å². The van der Waals surface area contributed by atoms with Crippen LogP contribution in [-0.4, -0.2) is 24.7 Å². The molecule has 0 atom stereocenters. The fraction of sp³-hybridized carbons (Fsp3) is 0.429. The Morgan fingerprint density at radius 3 is 2.53 bits per heavy atom. The van der Waals surface area contributed by atoms with Crippen LogP contribution in [0.3, 0.4) is 0 Å². The van der Waals surface area contributed by atoms with E-state index in [1.54, 1.807) is 24.3 Å². The average Bonchev–Trinajstić information content (AvgIpc) is 2.43. The van der Waals surface area contributed by atoms with E-state index in [4.69, 9.17) is 12.2 Å². The molecule has 0 spiro atoms. The van der Waals surface area contributed by atoms with Crippen LogP contribution < -0.4 is 10.6 Å². The van der Waals surface area contributed by atoms with Gasteiger partial charge in [-0.15, -0.1) is 0 Å². The Morgan fingerprint density at radius 1 is 1.26 bits per heavy atom. The number of rotatable bonds is 6. The molecule has 4 nitrogen and oxygen atoms in total. The summed E-state index contributed by atoms with van der Waals surface area (Å²) in [5.74, 6) is -0.341. The van der Waals surface area contributed by atoms with E-state index >= 15 is 0 Å². The van der Waals surface area contributed by atoms with Crippen LogP contribution >= 0.6 is 12.2 Å². The second kappa shape index (κ2) is 8.48. The lowest BCUT2D eigenvalue weighted by Crippen LogP contribution is -2.29. The molecular formula is C14H20N2O2S. The van der Waals surface area contributed by atoms with E-state index in [2.05, 4.69) is 22.3 Å². The number of carbonyl (C=O) groups is 1. The first-order valence-corrected chi connectivity index (χ1v) is 6.81. The number of methoxy groups -OCH3 is 1. The van der Waals surface area contributed by atoms with Crippen LogP contribution in [0.2, 0.25) is 0 Å². The number of ether oxygens (including phenoxy) is 1. The quantitative estimate of drug-likeness (QED) is 0.477. The molecule has 0 aliphatic heterocycles. The van der Waals surface area contributed by atoms with Crippen LogP contribution in [-0.2, 0) is 4.74 Å². The lowest BCUT2D eigenvalue weighted by Gasteiger charge is -2.10. The number of unbranched alkanes of at least 4 members (excludes halogenated alkanes) is 2. The summed E-state index contributed by atoms with van der Waals surface area (Å²) >= 11 is 5.18. The van der Waals surface area contributed by atoms with E-state index in [-0.39, 0.29) is 5.97 Å². The maximum Gasteiger partial charge on any atom is 0.337 e. The first kappa shape index (κ1) is 15.4. The van der Waals surface area contributed by atoms with E-state index in [9.17, 15) is 4.79 Å². The first-order valence-electron chi connectivity index (χ1n) is 6.40. The Kier molecular flexibility index (Phi) is 6.89. The number of hydrogen-bond acceptors (Lipinski definition) is 3. The van der Waals surface area contributed by atoms with Gasteiger partial charge in [0.2, 0.25) is 0 Å². The van der Waals surface area contributed by atoms with Gasteiger partial charge in [-0.2, -0.15) is 0 Å². The van der Waals surface area contributed by atoms with Gasteiger partial charge in [-0.25, -0.2) is 4.79 Å². The standard InChI is InChI=1S/C14H20N2O2S/c1-3-4-5-10-15-14(19)16-12-8-6-11(7-9-12)13(17)18-2/h6-9H,3-5,10H2,1-2H3,(H2,15,16,19). The molecule has 0 saturated carbocycles. The van der Waals surface area contributed by atoms with E-state index in [0.29, 0.717) is 10.7 Å². The SMILES string of the molecule is CCCCCNC(=S)Nc1ccc(C(=O)OC)cc1. The fourth-order valence-corrected chi connectivity index (χ4v) is 1.78. The van der Waals surface area contributed by atoms with Gasteiger partial charge in [-0.05, 0) is 42.9 Å². The average molecular weight is 280 g/mol. The zero-order valence-electron chi connectivity index (χ0n) is 11.4. The minimum Gasteiger partial charge on any atom is -0.465 e. The molecule has 19 heavy (non-hydrogen) atoms. The molecule has 0 saturated heterocycles. The molecule has 1 rings (SSSR count). The molecule has 0 bridgehead atoms. The highest BCUT2D eigenvalue weighted by molar-refractivity contribution is 7.80. The molecule has 0 unspecified atom stereocenters. The van der Waals surface area contributed by atoms with E-state index < -0.39 is 0 Å². The van der Waals surface area contributed by atoms with Gasteiger partial charge in [-0.3, -0.25) is 0 Å². The molecule has 1 aromatic carbocycles. The van der Waals surface area contributed by atoms with Crippen LogP contribution in [0.5, 0.6) is 0 Å². The van der Waals surface area contributed by atoms with Crippen molar-refractivity contribution in [2.75, 3.05) is 19.0 Å².